The molecule has 53 heavy (non-hydrogen) atoms. The lowest BCUT2D eigenvalue weighted by Crippen LogP contribution is -2.74. The van der Waals surface area contributed by atoms with Crippen molar-refractivity contribution in [3.05, 3.63) is 157 Å². The van der Waals surface area contributed by atoms with Crippen molar-refractivity contribution in [1.29, 1.82) is 0 Å². The Morgan fingerprint density at radius 3 is 1.83 bits per heavy atom. The normalized spacial score (nSPS) is 14.9. The summed E-state index contributed by atoms with van der Waals surface area (Å²) in [7, 11) is -2.93. The van der Waals surface area contributed by atoms with Crippen molar-refractivity contribution >= 4 is 56.7 Å². The number of phenols is 1. The standard InChI is InChI=1S/C47H44N2O2SSi/c1-31(2)41-30-52-46(48-41)33-18-15-17-32(27-33)38-25-16-26-42-43(38)49-45(51-42)39-28-37(29-40(44(39)50)47(3,4)5)53(34-19-9-6-10-20-34,35-21-11-7-12-22-35)36-23-13-8-14-24-36/h6-29,31,41,50H,30H2,1-5H3/t41-/m1/s1. The summed E-state index contributed by atoms with van der Waals surface area (Å²) >= 11 is 1.84. The summed E-state index contributed by atoms with van der Waals surface area (Å²) < 4.78 is 6.64. The second-order valence-corrected chi connectivity index (χ2v) is 20.1. The van der Waals surface area contributed by atoms with Gasteiger partial charge in [-0.2, -0.15) is 0 Å². The van der Waals surface area contributed by atoms with Gasteiger partial charge < -0.3 is 9.52 Å². The first kappa shape index (κ1) is 34.9. The third kappa shape index (κ3) is 6.34. The van der Waals surface area contributed by atoms with Crippen molar-refractivity contribution in [1.82, 2.24) is 4.98 Å². The fourth-order valence-electron chi connectivity index (χ4n) is 7.66. The minimum absolute atomic E-state index is 0.199. The van der Waals surface area contributed by atoms with Gasteiger partial charge in [0.25, 0.3) is 0 Å². The fraction of sp³-hybridized carbons (Fsp3) is 0.191. The Bertz CT molecular complexity index is 2340. The van der Waals surface area contributed by atoms with Crippen LogP contribution in [0.25, 0.3) is 33.7 Å². The number of hydrogen-bond donors (Lipinski definition) is 1. The van der Waals surface area contributed by atoms with Gasteiger partial charge >= 0.3 is 0 Å². The first-order valence-corrected chi connectivity index (χ1v) is 21.4. The van der Waals surface area contributed by atoms with E-state index >= 15 is 0 Å². The van der Waals surface area contributed by atoms with E-state index in [1.165, 1.54) is 15.6 Å². The highest BCUT2D eigenvalue weighted by molar-refractivity contribution is 8.14. The van der Waals surface area contributed by atoms with Gasteiger partial charge in [0.2, 0.25) is 5.89 Å². The van der Waals surface area contributed by atoms with Crippen LogP contribution in [0.5, 0.6) is 5.75 Å². The minimum Gasteiger partial charge on any atom is -0.507 e. The van der Waals surface area contributed by atoms with Gasteiger partial charge in [-0.25, -0.2) is 4.98 Å². The maximum atomic E-state index is 12.2. The quantitative estimate of drug-likeness (QED) is 0.125. The van der Waals surface area contributed by atoms with E-state index in [0.717, 1.165) is 43.8 Å². The smallest absolute Gasteiger partial charge is 0.231 e. The number of rotatable bonds is 8. The van der Waals surface area contributed by atoms with Crippen LogP contribution >= 0.6 is 11.8 Å². The molecule has 1 aliphatic rings. The molecular formula is C47H44N2O2SSi. The minimum atomic E-state index is -2.93. The Morgan fingerprint density at radius 1 is 0.679 bits per heavy atom. The number of oxazole rings is 1. The molecule has 1 aliphatic heterocycles. The number of nitrogens with zero attached hydrogens (tertiary/aromatic N) is 2. The molecule has 1 N–H and O–H groups in total. The van der Waals surface area contributed by atoms with Crippen LogP contribution in [-0.4, -0.2) is 35.0 Å². The molecule has 0 unspecified atom stereocenters. The molecule has 8 rings (SSSR count). The van der Waals surface area contributed by atoms with Gasteiger partial charge in [0, 0.05) is 16.9 Å². The summed E-state index contributed by atoms with van der Waals surface area (Å²) in [6, 6.07) is 52.0. The summed E-state index contributed by atoms with van der Waals surface area (Å²) in [6.45, 7) is 10.9. The number of fused-ring (bicyclic) bond motifs is 1. The number of para-hydroxylation sites is 1. The fourth-order valence-corrected chi connectivity index (χ4v) is 13.7. The number of hydrogen-bond acceptors (Lipinski definition) is 5. The predicted molar refractivity (Wildman–Crippen MR) is 226 cm³/mol. The zero-order valence-electron chi connectivity index (χ0n) is 30.9. The first-order valence-electron chi connectivity index (χ1n) is 18.4. The highest BCUT2D eigenvalue weighted by atomic mass is 32.2. The number of aromatic hydroxyl groups is 1. The molecule has 0 amide bonds. The Morgan fingerprint density at radius 2 is 1.26 bits per heavy atom. The molecule has 0 saturated carbocycles. The molecule has 7 aromatic rings. The number of aromatic nitrogens is 1. The van der Waals surface area contributed by atoms with E-state index in [9.17, 15) is 5.11 Å². The van der Waals surface area contributed by atoms with Crippen LogP contribution in [-0.2, 0) is 5.41 Å². The average Bonchev–Trinajstić information content (AvgIpc) is 3.85. The zero-order valence-corrected chi connectivity index (χ0v) is 32.7. The summed E-state index contributed by atoms with van der Waals surface area (Å²) in [5.41, 5.74) is 5.69. The second kappa shape index (κ2) is 14.0. The van der Waals surface area contributed by atoms with Crippen LogP contribution in [0.3, 0.4) is 0 Å². The van der Waals surface area contributed by atoms with Crippen LogP contribution in [0.2, 0.25) is 0 Å². The molecule has 4 nitrogen and oxygen atoms in total. The van der Waals surface area contributed by atoms with Crippen molar-refractivity contribution in [2.45, 2.75) is 46.1 Å². The number of phenolic OH excluding ortho intramolecular Hbond substituents is 1. The van der Waals surface area contributed by atoms with E-state index in [-0.39, 0.29) is 11.2 Å². The molecule has 0 radical (unpaired) electrons. The van der Waals surface area contributed by atoms with Crippen LogP contribution in [0.15, 0.2) is 155 Å². The number of aliphatic imine (C=N–C) groups is 1. The van der Waals surface area contributed by atoms with Crippen molar-refractivity contribution < 1.29 is 9.52 Å². The molecule has 2 heterocycles. The third-order valence-electron chi connectivity index (χ3n) is 10.5. The van der Waals surface area contributed by atoms with Gasteiger partial charge in [-0.15, -0.1) is 11.8 Å². The SMILES string of the molecule is CC(C)[C@H]1CSC(c2cccc(-c3cccc4oc(-c5cc([Si](c6ccccc6)(c6ccccc6)c6ccccc6)cc(C(C)(C)C)c5O)nc34)c2)=N1. The van der Waals surface area contributed by atoms with E-state index in [0.29, 0.717) is 29.0 Å². The van der Waals surface area contributed by atoms with E-state index < -0.39 is 8.07 Å². The summed E-state index contributed by atoms with van der Waals surface area (Å²) in [6.07, 6.45) is 0. The molecular weight excluding hydrogens is 685 g/mol. The lowest BCUT2D eigenvalue weighted by atomic mass is 9.85. The predicted octanol–water partition coefficient (Wildman–Crippen LogP) is 9.06. The van der Waals surface area contributed by atoms with Crippen molar-refractivity contribution in [2.24, 2.45) is 10.9 Å². The lowest BCUT2D eigenvalue weighted by Gasteiger charge is -2.36. The van der Waals surface area contributed by atoms with Gasteiger partial charge in [-0.1, -0.05) is 162 Å². The maximum Gasteiger partial charge on any atom is 0.231 e. The summed E-state index contributed by atoms with van der Waals surface area (Å²) in [5.74, 6) is 2.13. The molecule has 0 aliphatic carbocycles. The Kier molecular flexibility index (Phi) is 9.21. The molecule has 0 fully saturated rings. The number of thioether (sulfide) groups is 1. The lowest BCUT2D eigenvalue weighted by molar-refractivity contribution is 0.446. The van der Waals surface area contributed by atoms with Gasteiger partial charge in [0.1, 0.15) is 11.3 Å². The third-order valence-corrected chi connectivity index (χ3v) is 16.4. The Hall–Kier alpha value is -5.17. The summed E-state index contributed by atoms with van der Waals surface area (Å²) in [4.78, 5) is 10.3. The van der Waals surface area contributed by atoms with E-state index in [1.54, 1.807) is 0 Å². The molecule has 0 spiro atoms. The van der Waals surface area contributed by atoms with Crippen LogP contribution in [0.4, 0.5) is 0 Å². The molecule has 0 bridgehead atoms. The highest BCUT2D eigenvalue weighted by Crippen LogP contribution is 2.40. The van der Waals surface area contributed by atoms with Crippen molar-refractivity contribution in [3.63, 3.8) is 0 Å². The van der Waals surface area contributed by atoms with Crippen LogP contribution in [0, 0.1) is 5.92 Å². The molecule has 6 aromatic carbocycles. The maximum absolute atomic E-state index is 12.2. The van der Waals surface area contributed by atoms with E-state index in [2.05, 4.69) is 168 Å². The highest BCUT2D eigenvalue weighted by Gasteiger charge is 2.43. The topological polar surface area (TPSA) is 58.6 Å². The largest absolute Gasteiger partial charge is 0.507 e. The Labute approximate surface area is 317 Å². The molecule has 1 atom stereocenters. The molecule has 0 saturated heterocycles. The van der Waals surface area contributed by atoms with Gasteiger partial charge in [-0.05, 0) is 61.4 Å². The second-order valence-electron chi connectivity index (χ2n) is 15.3. The summed E-state index contributed by atoms with van der Waals surface area (Å²) in [5, 5.41) is 18.2. The van der Waals surface area contributed by atoms with Gasteiger partial charge in [0.05, 0.1) is 16.6 Å². The van der Waals surface area contributed by atoms with Crippen molar-refractivity contribution in [2.75, 3.05) is 5.75 Å². The van der Waals surface area contributed by atoms with Crippen molar-refractivity contribution in [3.8, 4) is 28.3 Å². The Balaban J connectivity index is 1.35. The van der Waals surface area contributed by atoms with Gasteiger partial charge in [-0.3, -0.25) is 4.99 Å². The van der Waals surface area contributed by atoms with Gasteiger partial charge in [0.15, 0.2) is 13.7 Å². The first-order chi connectivity index (χ1) is 25.6. The van der Waals surface area contributed by atoms with E-state index in [1.807, 2.05) is 23.9 Å². The average molecular weight is 729 g/mol. The monoisotopic (exact) mass is 728 g/mol. The van der Waals surface area contributed by atoms with E-state index in [4.69, 9.17) is 14.4 Å². The molecule has 1 aromatic heterocycles. The van der Waals surface area contributed by atoms with Crippen LogP contribution < -0.4 is 20.7 Å². The number of benzene rings is 6. The van der Waals surface area contributed by atoms with Crippen LogP contribution in [0.1, 0.15) is 45.7 Å². The zero-order chi connectivity index (χ0) is 36.7. The molecule has 264 valence electrons. The molecule has 6 heteroatoms.